The Balaban J connectivity index is 1.74. The molecule has 3 rings (SSSR count). The number of hydrogen-bond donors (Lipinski definition) is 1. The van der Waals surface area contributed by atoms with Crippen LogP contribution in [-0.2, 0) is 6.54 Å². The van der Waals surface area contributed by atoms with Gasteiger partial charge in [0.25, 0.3) is 0 Å². The molecule has 0 amide bonds. The molecule has 0 spiro atoms. The average molecular weight is 384 g/mol. The third kappa shape index (κ3) is 4.08. The molecule has 2 aromatic carbocycles. The Labute approximate surface area is 149 Å². The molecule has 0 unspecified atom stereocenters. The number of aryl methyl sites for hydroxylation is 1. The maximum atomic E-state index is 4.54. The highest BCUT2D eigenvalue weighted by Gasteiger charge is 2.08. The largest absolute Gasteiger partial charge is 0.339 e. The lowest BCUT2D eigenvalue weighted by Crippen LogP contribution is -2.19. The van der Waals surface area contributed by atoms with Crippen molar-refractivity contribution in [2.45, 2.75) is 13.5 Å². The van der Waals surface area contributed by atoms with Crippen molar-refractivity contribution in [1.82, 2.24) is 15.2 Å². The summed E-state index contributed by atoms with van der Waals surface area (Å²) in [6.45, 7) is 2.78. The summed E-state index contributed by atoms with van der Waals surface area (Å²) in [7, 11) is 1.95. The number of halogens is 1. The van der Waals surface area contributed by atoms with Crippen molar-refractivity contribution in [2.75, 3.05) is 17.3 Å². The van der Waals surface area contributed by atoms with Crippen LogP contribution in [0.25, 0.3) is 0 Å². The van der Waals surface area contributed by atoms with E-state index in [9.17, 15) is 0 Å². The number of aromatic nitrogens is 3. The topological polar surface area (TPSA) is 53.9 Å². The lowest BCUT2D eigenvalue weighted by atomic mass is 10.2. The summed E-state index contributed by atoms with van der Waals surface area (Å²) >= 11 is 3.54. The molecule has 5 nitrogen and oxygen atoms in total. The summed E-state index contributed by atoms with van der Waals surface area (Å²) in [5.41, 5.74) is 3.33. The molecular formula is C18H18BrN5. The maximum Gasteiger partial charge on any atom is 0.247 e. The average Bonchev–Trinajstić information content (AvgIpc) is 2.59. The minimum Gasteiger partial charge on any atom is -0.339 e. The summed E-state index contributed by atoms with van der Waals surface area (Å²) in [6.07, 6.45) is 1.62. The van der Waals surface area contributed by atoms with Crippen LogP contribution in [0.2, 0.25) is 0 Å². The van der Waals surface area contributed by atoms with Gasteiger partial charge in [-0.3, -0.25) is 0 Å². The minimum atomic E-state index is 0.579. The van der Waals surface area contributed by atoms with Crippen molar-refractivity contribution in [3.8, 4) is 0 Å². The first-order valence-electron chi connectivity index (χ1n) is 7.60. The summed E-state index contributed by atoms with van der Waals surface area (Å²) in [5, 5.41) is 11.4. The van der Waals surface area contributed by atoms with Gasteiger partial charge in [0.2, 0.25) is 5.95 Å². The highest BCUT2D eigenvalue weighted by Crippen LogP contribution is 2.23. The second-order valence-corrected chi connectivity index (χ2v) is 6.43. The van der Waals surface area contributed by atoms with E-state index < -0.39 is 0 Å². The Hall–Kier alpha value is -2.47. The van der Waals surface area contributed by atoms with E-state index in [1.807, 2.05) is 48.3 Å². The number of nitrogens with one attached hydrogen (secondary N) is 1. The normalized spacial score (nSPS) is 10.5. The van der Waals surface area contributed by atoms with Crippen molar-refractivity contribution in [3.63, 3.8) is 0 Å². The van der Waals surface area contributed by atoms with Gasteiger partial charge < -0.3 is 10.2 Å². The number of nitrogens with zero attached hydrogens (tertiary/aromatic N) is 4. The van der Waals surface area contributed by atoms with Crippen LogP contribution < -0.4 is 10.2 Å². The summed E-state index contributed by atoms with van der Waals surface area (Å²) in [6, 6.07) is 16.3. The van der Waals surface area contributed by atoms with Gasteiger partial charge in [0.05, 0.1) is 6.20 Å². The fourth-order valence-electron chi connectivity index (χ4n) is 2.26. The van der Waals surface area contributed by atoms with Gasteiger partial charge in [0, 0.05) is 23.8 Å². The van der Waals surface area contributed by atoms with Crippen molar-refractivity contribution in [2.24, 2.45) is 0 Å². The SMILES string of the molecule is Cc1ccc(Nc2cnnc(N(C)Cc3ccccc3)n2)cc1Br. The highest BCUT2D eigenvalue weighted by molar-refractivity contribution is 9.10. The molecule has 0 saturated carbocycles. The zero-order chi connectivity index (χ0) is 16.9. The summed E-state index contributed by atoms with van der Waals surface area (Å²) in [5.74, 6) is 1.24. The van der Waals surface area contributed by atoms with E-state index in [-0.39, 0.29) is 0 Å². The summed E-state index contributed by atoms with van der Waals surface area (Å²) < 4.78 is 1.05. The second-order valence-electron chi connectivity index (χ2n) is 5.57. The molecule has 0 atom stereocenters. The van der Waals surface area contributed by atoms with Crippen LogP contribution in [0.4, 0.5) is 17.5 Å². The fourth-order valence-corrected chi connectivity index (χ4v) is 2.64. The van der Waals surface area contributed by atoms with Crippen LogP contribution in [0.5, 0.6) is 0 Å². The van der Waals surface area contributed by atoms with E-state index in [0.717, 1.165) is 16.7 Å². The lowest BCUT2D eigenvalue weighted by Gasteiger charge is -2.17. The van der Waals surface area contributed by atoms with Gasteiger partial charge in [-0.15, -0.1) is 5.10 Å². The predicted molar refractivity (Wildman–Crippen MR) is 101 cm³/mol. The Morgan fingerprint density at radius 2 is 1.92 bits per heavy atom. The smallest absolute Gasteiger partial charge is 0.247 e. The van der Waals surface area contributed by atoms with Crippen LogP contribution in [0, 0.1) is 6.92 Å². The molecule has 0 radical (unpaired) electrons. The molecule has 0 aliphatic rings. The molecule has 0 aliphatic heterocycles. The van der Waals surface area contributed by atoms with Crippen molar-refractivity contribution < 1.29 is 0 Å². The van der Waals surface area contributed by atoms with E-state index in [4.69, 9.17) is 0 Å². The molecule has 0 bridgehead atoms. The van der Waals surface area contributed by atoms with Crippen LogP contribution in [0.3, 0.4) is 0 Å². The maximum absolute atomic E-state index is 4.54. The zero-order valence-electron chi connectivity index (χ0n) is 13.6. The van der Waals surface area contributed by atoms with Crippen LogP contribution in [-0.4, -0.2) is 22.2 Å². The number of hydrogen-bond acceptors (Lipinski definition) is 5. The third-order valence-corrected chi connectivity index (χ3v) is 4.45. The highest BCUT2D eigenvalue weighted by atomic mass is 79.9. The van der Waals surface area contributed by atoms with E-state index in [1.165, 1.54) is 11.1 Å². The van der Waals surface area contributed by atoms with Crippen LogP contribution >= 0.6 is 15.9 Å². The minimum absolute atomic E-state index is 0.579. The molecule has 24 heavy (non-hydrogen) atoms. The number of benzene rings is 2. The lowest BCUT2D eigenvalue weighted by molar-refractivity contribution is 0.831. The van der Waals surface area contributed by atoms with Gasteiger partial charge in [0.15, 0.2) is 5.82 Å². The van der Waals surface area contributed by atoms with Gasteiger partial charge >= 0.3 is 0 Å². The summed E-state index contributed by atoms with van der Waals surface area (Å²) in [4.78, 5) is 6.51. The Kier molecular flexibility index (Phi) is 5.05. The zero-order valence-corrected chi connectivity index (χ0v) is 15.2. The standard InChI is InChI=1S/C18H18BrN5/c1-13-8-9-15(10-16(13)19)21-17-11-20-23-18(22-17)24(2)12-14-6-4-3-5-7-14/h3-11H,12H2,1-2H3,(H,21,22,23). The molecule has 1 heterocycles. The Bertz CT molecular complexity index is 823. The van der Waals surface area contributed by atoms with E-state index in [2.05, 4.69) is 55.5 Å². The predicted octanol–water partition coefficient (Wildman–Crippen LogP) is 4.32. The molecule has 0 fully saturated rings. The van der Waals surface area contributed by atoms with Gasteiger partial charge in [-0.1, -0.05) is 52.3 Å². The van der Waals surface area contributed by atoms with E-state index in [1.54, 1.807) is 6.20 Å². The number of anilines is 3. The monoisotopic (exact) mass is 383 g/mol. The molecule has 1 N–H and O–H groups in total. The first-order chi connectivity index (χ1) is 11.6. The molecule has 1 aromatic heterocycles. The van der Waals surface area contributed by atoms with Gasteiger partial charge in [-0.25, -0.2) is 0 Å². The molecule has 0 aliphatic carbocycles. The van der Waals surface area contributed by atoms with Crippen molar-refractivity contribution in [1.29, 1.82) is 0 Å². The van der Waals surface area contributed by atoms with E-state index >= 15 is 0 Å². The first-order valence-corrected chi connectivity index (χ1v) is 8.39. The van der Waals surface area contributed by atoms with Gasteiger partial charge in [0.1, 0.15) is 0 Å². The molecule has 0 saturated heterocycles. The quantitative estimate of drug-likeness (QED) is 0.710. The molecule has 122 valence electrons. The fraction of sp³-hybridized carbons (Fsp3) is 0.167. The van der Waals surface area contributed by atoms with E-state index in [0.29, 0.717) is 11.8 Å². The third-order valence-electron chi connectivity index (χ3n) is 3.60. The number of rotatable bonds is 5. The molecule has 3 aromatic rings. The van der Waals surface area contributed by atoms with Crippen LogP contribution in [0.15, 0.2) is 59.2 Å². The Morgan fingerprint density at radius 1 is 1.12 bits per heavy atom. The van der Waals surface area contributed by atoms with Crippen molar-refractivity contribution in [3.05, 3.63) is 70.3 Å². The van der Waals surface area contributed by atoms with Gasteiger partial charge in [-0.05, 0) is 30.2 Å². The van der Waals surface area contributed by atoms with Crippen LogP contribution in [0.1, 0.15) is 11.1 Å². The molecule has 6 heteroatoms. The van der Waals surface area contributed by atoms with Crippen molar-refractivity contribution >= 4 is 33.4 Å². The first kappa shape index (κ1) is 16.4. The Morgan fingerprint density at radius 3 is 2.67 bits per heavy atom. The molecular weight excluding hydrogens is 366 g/mol. The second kappa shape index (κ2) is 7.40. The van der Waals surface area contributed by atoms with Gasteiger partial charge in [-0.2, -0.15) is 10.1 Å².